The van der Waals surface area contributed by atoms with Crippen molar-refractivity contribution in [1.29, 1.82) is 0 Å². The van der Waals surface area contributed by atoms with Crippen LogP contribution in [0.4, 0.5) is 0 Å². The smallest absolute Gasteiger partial charge is 0.329 e. The Kier molecular flexibility index (Phi) is 8.44. The minimum Gasteiger partial charge on any atom is -0.454 e. The van der Waals surface area contributed by atoms with Crippen LogP contribution in [0.3, 0.4) is 0 Å². The standard InChI is InChI=1S/C24H36N2O4/c1-16(2)21(23(29)30-15-20(27)25-19-9-7-6-8-10-19)26-22(28)17-11-13-18(14-12-17)24(3,4)5/h11-14,16,19,21H,6-10,15H2,1-5H3,(H,25,27)(H,26,28)/t21-/m0/s1. The third-order valence-corrected chi connectivity index (χ3v) is 5.54. The van der Waals surface area contributed by atoms with E-state index in [4.69, 9.17) is 4.74 Å². The summed E-state index contributed by atoms with van der Waals surface area (Å²) in [6.07, 6.45) is 5.37. The van der Waals surface area contributed by atoms with Gasteiger partial charge >= 0.3 is 5.97 Å². The van der Waals surface area contributed by atoms with Gasteiger partial charge < -0.3 is 15.4 Å². The van der Waals surface area contributed by atoms with Gasteiger partial charge in [0.25, 0.3) is 11.8 Å². The van der Waals surface area contributed by atoms with Crippen LogP contribution in [0, 0.1) is 5.92 Å². The summed E-state index contributed by atoms with van der Waals surface area (Å²) in [6.45, 7) is 9.66. The number of hydrogen-bond acceptors (Lipinski definition) is 4. The molecule has 0 spiro atoms. The van der Waals surface area contributed by atoms with E-state index in [1.165, 1.54) is 6.42 Å². The molecule has 0 bridgehead atoms. The van der Waals surface area contributed by atoms with E-state index < -0.39 is 12.0 Å². The quantitative estimate of drug-likeness (QED) is 0.664. The molecule has 1 atom stereocenters. The number of rotatable bonds is 7. The van der Waals surface area contributed by atoms with Crippen LogP contribution < -0.4 is 10.6 Å². The summed E-state index contributed by atoms with van der Waals surface area (Å²) in [6, 6.07) is 6.72. The number of carbonyl (C=O) groups is 3. The van der Waals surface area contributed by atoms with Gasteiger partial charge in [-0.05, 0) is 41.9 Å². The minimum atomic E-state index is -0.817. The van der Waals surface area contributed by atoms with Crippen LogP contribution in [0.2, 0.25) is 0 Å². The van der Waals surface area contributed by atoms with E-state index >= 15 is 0 Å². The molecule has 1 aromatic rings. The lowest BCUT2D eigenvalue weighted by molar-refractivity contribution is -0.151. The van der Waals surface area contributed by atoms with Crippen molar-refractivity contribution >= 4 is 17.8 Å². The molecule has 0 radical (unpaired) electrons. The van der Waals surface area contributed by atoms with Crippen LogP contribution in [0.5, 0.6) is 0 Å². The van der Waals surface area contributed by atoms with Gasteiger partial charge in [-0.25, -0.2) is 4.79 Å². The predicted octanol–water partition coefficient (Wildman–Crippen LogP) is 3.73. The molecule has 166 valence electrons. The number of benzene rings is 1. The molecule has 2 rings (SSSR count). The van der Waals surface area contributed by atoms with Gasteiger partial charge in [-0.1, -0.05) is 66.0 Å². The topological polar surface area (TPSA) is 84.5 Å². The Balaban J connectivity index is 1.90. The van der Waals surface area contributed by atoms with Gasteiger partial charge in [0, 0.05) is 11.6 Å². The Morgan fingerprint density at radius 2 is 1.63 bits per heavy atom. The second kappa shape index (κ2) is 10.6. The normalized spacial score (nSPS) is 16.1. The second-order valence-corrected chi connectivity index (χ2v) is 9.53. The molecule has 2 N–H and O–H groups in total. The van der Waals surface area contributed by atoms with Crippen LogP contribution in [0.1, 0.15) is 82.6 Å². The number of amides is 2. The molecule has 6 nitrogen and oxygen atoms in total. The molecular weight excluding hydrogens is 380 g/mol. The monoisotopic (exact) mass is 416 g/mol. The average molecular weight is 417 g/mol. The molecule has 0 unspecified atom stereocenters. The lowest BCUT2D eigenvalue weighted by Gasteiger charge is -2.24. The van der Waals surface area contributed by atoms with Crippen molar-refractivity contribution in [3.05, 3.63) is 35.4 Å². The minimum absolute atomic E-state index is 0.00250. The Morgan fingerprint density at radius 3 is 2.17 bits per heavy atom. The number of nitrogens with one attached hydrogen (secondary N) is 2. The molecule has 0 aliphatic heterocycles. The van der Waals surface area contributed by atoms with E-state index in [-0.39, 0.29) is 35.8 Å². The maximum atomic E-state index is 12.6. The fourth-order valence-corrected chi connectivity index (χ4v) is 3.59. The summed E-state index contributed by atoms with van der Waals surface area (Å²) in [5, 5.41) is 5.67. The summed E-state index contributed by atoms with van der Waals surface area (Å²) in [4.78, 5) is 37.2. The first-order valence-corrected chi connectivity index (χ1v) is 11.0. The Hall–Kier alpha value is -2.37. The van der Waals surface area contributed by atoms with Crippen LogP contribution >= 0.6 is 0 Å². The Bertz CT molecular complexity index is 729. The molecule has 2 amide bonds. The van der Waals surface area contributed by atoms with Crippen LogP contribution in [-0.2, 0) is 19.7 Å². The molecule has 0 aromatic heterocycles. The fraction of sp³-hybridized carbons (Fsp3) is 0.625. The average Bonchev–Trinajstić information content (AvgIpc) is 2.70. The number of carbonyl (C=O) groups excluding carboxylic acids is 3. The molecular formula is C24H36N2O4. The molecule has 1 fully saturated rings. The summed E-state index contributed by atoms with van der Waals surface area (Å²) in [5.74, 6) is -1.39. The van der Waals surface area contributed by atoms with Crippen LogP contribution in [0.25, 0.3) is 0 Å². The van der Waals surface area contributed by atoms with Gasteiger partial charge in [-0.15, -0.1) is 0 Å². The Morgan fingerprint density at radius 1 is 1.03 bits per heavy atom. The van der Waals surface area contributed by atoms with Crippen molar-refractivity contribution < 1.29 is 19.1 Å². The molecule has 30 heavy (non-hydrogen) atoms. The van der Waals surface area contributed by atoms with Gasteiger partial charge in [0.1, 0.15) is 6.04 Å². The van der Waals surface area contributed by atoms with E-state index in [1.807, 2.05) is 26.0 Å². The van der Waals surface area contributed by atoms with E-state index in [0.717, 1.165) is 31.2 Å². The molecule has 1 aliphatic rings. The third-order valence-electron chi connectivity index (χ3n) is 5.54. The van der Waals surface area contributed by atoms with E-state index in [0.29, 0.717) is 5.56 Å². The summed E-state index contributed by atoms with van der Waals surface area (Å²) >= 11 is 0. The van der Waals surface area contributed by atoms with Gasteiger partial charge in [-0.3, -0.25) is 9.59 Å². The van der Waals surface area contributed by atoms with Crippen molar-refractivity contribution in [2.45, 2.75) is 84.2 Å². The zero-order chi connectivity index (χ0) is 22.3. The SMILES string of the molecule is CC(C)[C@H](NC(=O)c1ccc(C(C)(C)C)cc1)C(=O)OCC(=O)NC1CCCCC1. The largest absolute Gasteiger partial charge is 0.454 e. The molecule has 1 aliphatic carbocycles. The zero-order valence-corrected chi connectivity index (χ0v) is 18.9. The second-order valence-electron chi connectivity index (χ2n) is 9.53. The lowest BCUT2D eigenvalue weighted by atomic mass is 9.86. The van der Waals surface area contributed by atoms with Crippen LogP contribution in [-0.4, -0.2) is 36.5 Å². The van der Waals surface area contributed by atoms with Gasteiger partial charge in [-0.2, -0.15) is 0 Å². The van der Waals surface area contributed by atoms with Crippen molar-refractivity contribution in [1.82, 2.24) is 10.6 Å². The first-order valence-electron chi connectivity index (χ1n) is 11.0. The highest BCUT2D eigenvalue weighted by molar-refractivity contribution is 5.97. The summed E-state index contributed by atoms with van der Waals surface area (Å²) < 4.78 is 5.20. The molecule has 1 saturated carbocycles. The van der Waals surface area contributed by atoms with Gasteiger partial charge in [0.15, 0.2) is 6.61 Å². The van der Waals surface area contributed by atoms with E-state index in [9.17, 15) is 14.4 Å². The zero-order valence-electron chi connectivity index (χ0n) is 18.9. The molecule has 0 heterocycles. The van der Waals surface area contributed by atoms with Crippen molar-refractivity contribution in [3.8, 4) is 0 Å². The third kappa shape index (κ3) is 7.15. The van der Waals surface area contributed by atoms with Crippen molar-refractivity contribution in [2.75, 3.05) is 6.61 Å². The van der Waals surface area contributed by atoms with E-state index in [2.05, 4.69) is 31.4 Å². The molecule has 6 heteroatoms. The highest BCUT2D eigenvalue weighted by Gasteiger charge is 2.27. The summed E-state index contributed by atoms with van der Waals surface area (Å²) in [7, 11) is 0. The highest BCUT2D eigenvalue weighted by atomic mass is 16.5. The van der Waals surface area contributed by atoms with Crippen LogP contribution in [0.15, 0.2) is 24.3 Å². The lowest BCUT2D eigenvalue weighted by Crippen LogP contribution is -2.46. The predicted molar refractivity (Wildman–Crippen MR) is 117 cm³/mol. The first kappa shape index (κ1) is 23.9. The van der Waals surface area contributed by atoms with Gasteiger partial charge in [0.05, 0.1) is 0 Å². The van der Waals surface area contributed by atoms with E-state index in [1.54, 1.807) is 12.1 Å². The van der Waals surface area contributed by atoms with Crippen molar-refractivity contribution in [3.63, 3.8) is 0 Å². The molecule has 0 saturated heterocycles. The number of hydrogen-bond donors (Lipinski definition) is 2. The van der Waals surface area contributed by atoms with Gasteiger partial charge in [0.2, 0.25) is 0 Å². The maximum absolute atomic E-state index is 12.6. The number of esters is 1. The number of ether oxygens (including phenoxy) is 1. The fourth-order valence-electron chi connectivity index (χ4n) is 3.59. The molecule has 1 aromatic carbocycles. The first-order chi connectivity index (χ1) is 14.1. The maximum Gasteiger partial charge on any atom is 0.329 e. The summed E-state index contributed by atoms with van der Waals surface area (Å²) in [5.41, 5.74) is 1.61. The van der Waals surface area contributed by atoms with Crippen molar-refractivity contribution in [2.24, 2.45) is 5.92 Å². The highest BCUT2D eigenvalue weighted by Crippen LogP contribution is 2.22. The Labute approximate surface area is 180 Å².